The van der Waals surface area contributed by atoms with Gasteiger partial charge in [0.2, 0.25) is 0 Å². The fourth-order valence-electron chi connectivity index (χ4n) is 3.42. The van der Waals surface area contributed by atoms with Crippen molar-refractivity contribution in [1.82, 2.24) is 4.90 Å². The summed E-state index contributed by atoms with van der Waals surface area (Å²) in [6.45, 7) is -3.50. The van der Waals surface area contributed by atoms with Gasteiger partial charge in [0.25, 0.3) is 5.91 Å². The van der Waals surface area contributed by atoms with E-state index in [4.69, 9.17) is 0 Å². The van der Waals surface area contributed by atoms with Gasteiger partial charge in [-0.2, -0.15) is 8.78 Å². The molecule has 0 aromatic heterocycles. The van der Waals surface area contributed by atoms with Gasteiger partial charge in [0, 0.05) is 18.7 Å². The SMILES string of the molecule is O=C(c1cccc(OC(F)F)c1)N1C[C@@]2(C(=O)O)C[C@@]2(C(=O)O)C1. The lowest BCUT2D eigenvalue weighted by molar-refractivity contribution is -0.151. The average molecular weight is 341 g/mol. The highest BCUT2D eigenvalue weighted by Gasteiger charge is 2.81. The van der Waals surface area contributed by atoms with E-state index in [0.717, 1.165) is 11.0 Å². The van der Waals surface area contributed by atoms with Gasteiger partial charge in [0.1, 0.15) is 16.6 Å². The van der Waals surface area contributed by atoms with Crippen LogP contribution in [0.1, 0.15) is 16.8 Å². The Kier molecular flexibility index (Phi) is 3.47. The molecule has 7 nitrogen and oxygen atoms in total. The van der Waals surface area contributed by atoms with Crippen molar-refractivity contribution in [3.8, 4) is 5.75 Å². The molecular formula is C15H13F2NO6. The van der Waals surface area contributed by atoms with Crippen LogP contribution in [0.3, 0.4) is 0 Å². The molecule has 2 fully saturated rings. The summed E-state index contributed by atoms with van der Waals surface area (Å²) in [5.74, 6) is -3.34. The Balaban J connectivity index is 1.83. The topological polar surface area (TPSA) is 104 Å². The maximum absolute atomic E-state index is 12.5. The quantitative estimate of drug-likeness (QED) is 0.836. The molecule has 0 bridgehead atoms. The Hall–Kier alpha value is -2.71. The maximum atomic E-state index is 12.5. The van der Waals surface area contributed by atoms with Crippen molar-refractivity contribution in [2.24, 2.45) is 10.8 Å². The number of halogens is 2. The molecule has 3 rings (SSSR count). The van der Waals surface area contributed by atoms with E-state index in [-0.39, 0.29) is 30.8 Å². The van der Waals surface area contributed by atoms with Gasteiger partial charge in [0.15, 0.2) is 0 Å². The molecular weight excluding hydrogens is 328 g/mol. The first-order chi connectivity index (χ1) is 11.2. The maximum Gasteiger partial charge on any atom is 0.387 e. The number of fused-ring (bicyclic) bond motifs is 1. The molecule has 0 spiro atoms. The molecule has 1 saturated heterocycles. The van der Waals surface area contributed by atoms with Crippen LogP contribution in [-0.2, 0) is 9.59 Å². The van der Waals surface area contributed by atoms with E-state index >= 15 is 0 Å². The van der Waals surface area contributed by atoms with Gasteiger partial charge in [-0.1, -0.05) is 6.07 Å². The molecule has 1 aromatic carbocycles. The van der Waals surface area contributed by atoms with Crippen molar-refractivity contribution < 1.29 is 38.1 Å². The molecule has 0 unspecified atom stereocenters. The molecule has 1 aromatic rings. The fraction of sp³-hybridized carbons (Fsp3) is 0.400. The summed E-state index contributed by atoms with van der Waals surface area (Å²) in [5.41, 5.74) is -2.94. The van der Waals surface area contributed by atoms with Gasteiger partial charge in [0.05, 0.1) is 0 Å². The number of nitrogens with zero attached hydrogens (tertiary/aromatic N) is 1. The predicted molar refractivity (Wildman–Crippen MR) is 73.7 cm³/mol. The number of ether oxygens (including phenoxy) is 1. The number of hydrogen-bond acceptors (Lipinski definition) is 4. The second kappa shape index (κ2) is 5.15. The first-order valence-electron chi connectivity index (χ1n) is 7.03. The number of carbonyl (C=O) groups excluding carboxylic acids is 1. The van der Waals surface area contributed by atoms with E-state index in [1.165, 1.54) is 18.2 Å². The van der Waals surface area contributed by atoms with E-state index in [1.54, 1.807) is 0 Å². The third kappa shape index (κ3) is 2.19. The summed E-state index contributed by atoms with van der Waals surface area (Å²) >= 11 is 0. The highest BCUT2D eigenvalue weighted by atomic mass is 19.3. The van der Waals surface area contributed by atoms with Crippen molar-refractivity contribution in [1.29, 1.82) is 0 Å². The van der Waals surface area contributed by atoms with Crippen LogP contribution in [0.15, 0.2) is 24.3 Å². The average Bonchev–Trinajstić information content (AvgIpc) is 3.05. The van der Waals surface area contributed by atoms with Crippen LogP contribution in [-0.4, -0.2) is 52.7 Å². The molecule has 9 heteroatoms. The normalized spacial score (nSPS) is 27.7. The van der Waals surface area contributed by atoms with Gasteiger partial charge < -0.3 is 19.8 Å². The lowest BCUT2D eigenvalue weighted by atomic mass is 9.97. The van der Waals surface area contributed by atoms with Gasteiger partial charge in [-0.05, 0) is 24.6 Å². The number of hydrogen-bond donors (Lipinski definition) is 2. The number of carboxylic acids is 2. The molecule has 1 amide bonds. The second-order valence-electron chi connectivity index (χ2n) is 6.02. The number of rotatable bonds is 5. The Morgan fingerprint density at radius 3 is 2.21 bits per heavy atom. The third-order valence-electron chi connectivity index (χ3n) is 4.73. The zero-order chi connectivity index (χ0) is 17.7. The van der Waals surface area contributed by atoms with Crippen molar-refractivity contribution in [2.45, 2.75) is 13.0 Å². The number of amides is 1. The Labute approximate surface area is 134 Å². The molecule has 1 aliphatic carbocycles. The highest BCUT2D eigenvalue weighted by Crippen LogP contribution is 2.68. The molecule has 2 N–H and O–H groups in total. The number of carboxylic acid groups (broad SMARTS) is 2. The lowest BCUT2D eigenvalue weighted by Gasteiger charge is -2.20. The van der Waals surface area contributed by atoms with Gasteiger partial charge in [-0.3, -0.25) is 14.4 Å². The van der Waals surface area contributed by atoms with E-state index in [2.05, 4.69) is 4.74 Å². The molecule has 2 aliphatic rings. The van der Waals surface area contributed by atoms with Gasteiger partial charge in [-0.25, -0.2) is 0 Å². The molecule has 1 aliphatic heterocycles. The van der Waals surface area contributed by atoms with Crippen LogP contribution in [0.5, 0.6) is 5.75 Å². The predicted octanol–water partition coefficient (Wildman–Crippen LogP) is 1.29. The van der Waals surface area contributed by atoms with Crippen molar-refractivity contribution in [3.63, 3.8) is 0 Å². The molecule has 1 heterocycles. The zero-order valence-electron chi connectivity index (χ0n) is 12.2. The van der Waals surface area contributed by atoms with Crippen molar-refractivity contribution in [2.75, 3.05) is 13.1 Å². The molecule has 2 atom stereocenters. The largest absolute Gasteiger partial charge is 0.481 e. The van der Waals surface area contributed by atoms with E-state index in [0.29, 0.717) is 0 Å². The van der Waals surface area contributed by atoms with Crippen LogP contribution in [0.25, 0.3) is 0 Å². The van der Waals surface area contributed by atoms with Crippen LogP contribution in [0.4, 0.5) is 8.78 Å². The number of carbonyl (C=O) groups is 3. The van der Waals surface area contributed by atoms with Crippen molar-refractivity contribution >= 4 is 17.8 Å². The zero-order valence-corrected chi connectivity index (χ0v) is 12.2. The Morgan fingerprint density at radius 1 is 1.12 bits per heavy atom. The smallest absolute Gasteiger partial charge is 0.387 e. The minimum Gasteiger partial charge on any atom is -0.481 e. The van der Waals surface area contributed by atoms with Crippen LogP contribution < -0.4 is 4.74 Å². The van der Waals surface area contributed by atoms with Crippen LogP contribution >= 0.6 is 0 Å². The summed E-state index contributed by atoms with van der Waals surface area (Å²) in [6.07, 6.45) is -0.0248. The number of piperidine rings is 1. The fourth-order valence-corrected chi connectivity index (χ4v) is 3.42. The van der Waals surface area contributed by atoms with Crippen molar-refractivity contribution in [3.05, 3.63) is 29.8 Å². The van der Waals surface area contributed by atoms with Gasteiger partial charge in [-0.15, -0.1) is 0 Å². The first-order valence-corrected chi connectivity index (χ1v) is 7.03. The lowest BCUT2D eigenvalue weighted by Crippen LogP contribution is -2.34. The summed E-state index contributed by atoms with van der Waals surface area (Å²) in [5, 5.41) is 18.7. The minimum atomic E-state index is -3.04. The summed E-state index contributed by atoms with van der Waals surface area (Å²) in [7, 11) is 0. The summed E-state index contributed by atoms with van der Waals surface area (Å²) < 4.78 is 28.7. The monoisotopic (exact) mass is 341 g/mol. The molecule has 1 saturated carbocycles. The minimum absolute atomic E-state index is 0.0236. The van der Waals surface area contributed by atoms with E-state index in [1.807, 2.05) is 0 Å². The Morgan fingerprint density at radius 2 is 1.71 bits per heavy atom. The third-order valence-corrected chi connectivity index (χ3v) is 4.73. The second-order valence-corrected chi connectivity index (χ2v) is 6.02. The number of likely N-dealkylation sites (tertiary alicyclic amines) is 1. The van der Waals surface area contributed by atoms with E-state index in [9.17, 15) is 33.4 Å². The van der Waals surface area contributed by atoms with Crippen LogP contribution in [0, 0.1) is 10.8 Å². The Bertz CT molecular complexity index is 710. The number of benzene rings is 1. The van der Waals surface area contributed by atoms with Gasteiger partial charge >= 0.3 is 18.6 Å². The number of alkyl halides is 2. The molecule has 0 radical (unpaired) electrons. The molecule has 24 heavy (non-hydrogen) atoms. The number of aliphatic carboxylic acids is 2. The molecule has 128 valence electrons. The highest BCUT2D eigenvalue weighted by molar-refractivity contribution is 6.00. The van der Waals surface area contributed by atoms with E-state index < -0.39 is 35.3 Å². The first kappa shape index (κ1) is 16.2. The standard InChI is InChI=1S/C15H13F2NO6/c16-13(17)24-9-3-1-2-8(4-9)10(19)18-6-14(11(20)21)5-15(14,7-18)12(22)23/h1-4,13H,5-7H2,(H,20,21)(H,22,23)/t14-,15+. The summed E-state index contributed by atoms with van der Waals surface area (Å²) in [4.78, 5) is 36.5. The summed E-state index contributed by atoms with van der Waals surface area (Å²) in [6, 6.07) is 5.08. The van der Waals surface area contributed by atoms with Crippen LogP contribution in [0.2, 0.25) is 0 Å².